The van der Waals surface area contributed by atoms with Gasteiger partial charge < -0.3 is 24.7 Å². The molecule has 1 aliphatic rings. The lowest BCUT2D eigenvalue weighted by Crippen LogP contribution is -2.34. The summed E-state index contributed by atoms with van der Waals surface area (Å²) in [6.07, 6.45) is 3.13. The molecule has 0 saturated carbocycles. The average Bonchev–Trinajstić information content (AvgIpc) is 2.74. The first-order valence-corrected chi connectivity index (χ1v) is 5.65. The molecule has 1 unspecified atom stereocenters. The van der Waals surface area contributed by atoms with Gasteiger partial charge in [0.05, 0.1) is 12.8 Å². The van der Waals surface area contributed by atoms with Crippen molar-refractivity contribution >= 4 is 0 Å². The van der Waals surface area contributed by atoms with Crippen molar-refractivity contribution in [2.75, 3.05) is 13.7 Å². The van der Waals surface area contributed by atoms with Gasteiger partial charge in [0.2, 0.25) is 0 Å². The van der Waals surface area contributed by atoms with Gasteiger partial charge in [0.25, 0.3) is 5.56 Å². The maximum absolute atomic E-state index is 11.2. The predicted molar refractivity (Wildman–Crippen MR) is 64.3 cm³/mol. The number of rotatable bonds is 3. The fourth-order valence-electron chi connectivity index (χ4n) is 2.11. The molecule has 7 heteroatoms. The molecule has 102 valence electrons. The van der Waals surface area contributed by atoms with Crippen molar-refractivity contribution in [3.05, 3.63) is 27.9 Å². The summed E-state index contributed by atoms with van der Waals surface area (Å²) in [6, 6.07) is 0. The van der Waals surface area contributed by atoms with Crippen LogP contribution in [0.1, 0.15) is 17.5 Å². The normalized spacial score (nSPS) is 30.2. The zero-order chi connectivity index (χ0) is 14.0. The van der Waals surface area contributed by atoms with Crippen molar-refractivity contribution in [2.45, 2.75) is 24.4 Å². The fraction of sp³-hybridized carbons (Fsp3) is 0.500. The molecule has 0 radical (unpaired) electrons. The van der Waals surface area contributed by atoms with Gasteiger partial charge in [0.15, 0.2) is 0 Å². The minimum Gasteiger partial charge on any atom is -0.394 e. The topological polar surface area (TPSA) is 105 Å². The van der Waals surface area contributed by atoms with Gasteiger partial charge in [-0.2, -0.15) is 0 Å². The zero-order valence-electron chi connectivity index (χ0n) is 10.2. The molecule has 2 rings (SSSR count). The minimum atomic E-state index is -1.00. The lowest BCUT2D eigenvalue weighted by Gasteiger charge is -2.18. The van der Waals surface area contributed by atoms with Gasteiger partial charge in [-0.3, -0.25) is 4.79 Å². The van der Waals surface area contributed by atoms with Crippen LogP contribution < -0.4 is 5.56 Å². The number of hydrogen-bond acceptors (Lipinski definition) is 6. The molecule has 0 aromatic carbocycles. The highest BCUT2D eigenvalue weighted by atomic mass is 16.6. The first-order chi connectivity index (χ1) is 9.12. The Hall–Kier alpha value is -1.72. The van der Waals surface area contributed by atoms with Crippen molar-refractivity contribution in [1.29, 1.82) is 0 Å². The van der Waals surface area contributed by atoms with Crippen LogP contribution in [0, 0.1) is 12.3 Å². The van der Waals surface area contributed by atoms with Crippen molar-refractivity contribution in [3.63, 3.8) is 0 Å². The van der Waals surface area contributed by atoms with E-state index in [1.807, 2.05) is 0 Å². The van der Waals surface area contributed by atoms with Crippen LogP contribution in [0.2, 0.25) is 0 Å². The number of methoxy groups -OCH3 is 1. The van der Waals surface area contributed by atoms with Crippen molar-refractivity contribution in [2.24, 2.45) is 0 Å². The Bertz CT molecular complexity index is 550. The Morgan fingerprint density at radius 2 is 2.42 bits per heavy atom. The van der Waals surface area contributed by atoms with Crippen LogP contribution in [0.15, 0.2) is 11.0 Å². The van der Waals surface area contributed by atoms with Crippen molar-refractivity contribution in [1.82, 2.24) is 9.97 Å². The Morgan fingerprint density at radius 1 is 1.68 bits per heavy atom. The fourth-order valence-corrected chi connectivity index (χ4v) is 2.11. The summed E-state index contributed by atoms with van der Waals surface area (Å²) >= 11 is 0. The third-order valence-electron chi connectivity index (χ3n) is 3.03. The second-order valence-corrected chi connectivity index (χ2v) is 4.12. The van der Waals surface area contributed by atoms with Crippen LogP contribution in [-0.2, 0) is 9.47 Å². The molecular weight excluding hydrogens is 252 g/mol. The summed E-state index contributed by atoms with van der Waals surface area (Å²) < 4.78 is 10.7. The smallest absolute Gasteiger partial charge is 0.267 e. The van der Waals surface area contributed by atoms with Gasteiger partial charge in [-0.05, 0) is 0 Å². The minimum absolute atomic E-state index is 0.172. The summed E-state index contributed by atoms with van der Waals surface area (Å²) in [4.78, 5) is 17.6. The molecule has 1 aromatic heterocycles. The molecule has 1 aliphatic heterocycles. The van der Waals surface area contributed by atoms with E-state index in [0.717, 1.165) is 6.20 Å². The SMILES string of the molecule is C#Cc1[nH]c(=O)cnc1[C@@H]1O[C@H](CO)C(O)[C@@H]1OC. The van der Waals surface area contributed by atoms with Gasteiger partial charge >= 0.3 is 0 Å². The maximum atomic E-state index is 11.2. The Kier molecular flexibility index (Phi) is 3.97. The van der Waals surface area contributed by atoms with Gasteiger partial charge in [0, 0.05) is 7.11 Å². The van der Waals surface area contributed by atoms with E-state index in [4.69, 9.17) is 21.0 Å². The number of nitrogens with one attached hydrogen (secondary N) is 1. The van der Waals surface area contributed by atoms with E-state index in [9.17, 15) is 9.90 Å². The number of terminal acetylenes is 1. The van der Waals surface area contributed by atoms with Crippen LogP contribution in [0.4, 0.5) is 0 Å². The number of aromatic nitrogens is 2. The first-order valence-electron chi connectivity index (χ1n) is 5.65. The van der Waals surface area contributed by atoms with Crippen LogP contribution in [-0.4, -0.2) is 52.2 Å². The quantitative estimate of drug-likeness (QED) is 0.579. The number of nitrogens with zero attached hydrogens (tertiary/aromatic N) is 1. The molecule has 0 amide bonds. The lowest BCUT2D eigenvalue weighted by molar-refractivity contribution is -0.0252. The highest BCUT2D eigenvalue weighted by Gasteiger charge is 2.45. The van der Waals surface area contributed by atoms with E-state index in [1.165, 1.54) is 7.11 Å². The van der Waals surface area contributed by atoms with Gasteiger partial charge in [-0.15, -0.1) is 6.42 Å². The summed E-state index contributed by atoms with van der Waals surface area (Å²) in [5.41, 5.74) is 0.0391. The third-order valence-corrected chi connectivity index (χ3v) is 3.03. The van der Waals surface area contributed by atoms with Gasteiger partial charge in [-0.25, -0.2) is 4.98 Å². The molecule has 4 atom stereocenters. The third kappa shape index (κ3) is 2.39. The summed E-state index contributed by atoms with van der Waals surface area (Å²) in [5.74, 6) is 2.31. The number of H-pyrrole nitrogens is 1. The molecule has 0 bridgehead atoms. The molecular formula is C12H14N2O5. The Morgan fingerprint density at radius 3 is 3.00 bits per heavy atom. The standard InChI is InChI=1S/C12H14N2O5/c1-3-6-9(13-4-8(16)14-6)11-12(18-2)10(17)7(5-15)19-11/h1,4,7,10-12,15,17H,5H2,2H3,(H,14,16)/t7-,10?,11+,12+/m1/s1. The highest BCUT2D eigenvalue weighted by molar-refractivity contribution is 5.31. The Labute approximate surface area is 109 Å². The average molecular weight is 266 g/mol. The van der Waals surface area contributed by atoms with Crippen LogP contribution >= 0.6 is 0 Å². The van der Waals surface area contributed by atoms with Gasteiger partial charge in [0.1, 0.15) is 35.8 Å². The van der Waals surface area contributed by atoms with Crippen molar-refractivity contribution < 1.29 is 19.7 Å². The molecule has 1 saturated heterocycles. The van der Waals surface area contributed by atoms with Gasteiger partial charge in [-0.1, -0.05) is 5.92 Å². The van der Waals surface area contributed by atoms with E-state index in [-0.39, 0.29) is 12.3 Å². The van der Waals surface area contributed by atoms with E-state index in [2.05, 4.69) is 15.9 Å². The van der Waals surface area contributed by atoms with Crippen LogP contribution in [0.3, 0.4) is 0 Å². The summed E-state index contributed by atoms with van der Waals surface area (Å²) in [5, 5.41) is 19.1. The first kappa shape index (κ1) is 13.7. The number of hydrogen-bond donors (Lipinski definition) is 3. The molecule has 0 spiro atoms. The lowest BCUT2D eigenvalue weighted by atomic mass is 10.0. The predicted octanol–water partition coefficient (Wildman–Crippen LogP) is -1.44. The molecule has 19 heavy (non-hydrogen) atoms. The monoisotopic (exact) mass is 266 g/mol. The molecule has 0 aliphatic carbocycles. The number of aromatic amines is 1. The molecule has 2 heterocycles. The number of aliphatic hydroxyl groups is 2. The summed E-state index contributed by atoms with van der Waals surface area (Å²) in [7, 11) is 1.41. The second-order valence-electron chi connectivity index (χ2n) is 4.12. The number of ether oxygens (including phenoxy) is 2. The molecule has 7 nitrogen and oxygen atoms in total. The molecule has 3 N–H and O–H groups in total. The van der Waals surface area contributed by atoms with E-state index >= 15 is 0 Å². The Balaban J connectivity index is 2.41. The number of aliphatic hydroxyl groups excluding tert-OH is 2. The van der Waals surface area contributed by atoms with Crippen LogP contribution in [0.5, 0.6) is 0 Å². The second kappa shape index (κ2) is 5.50. The van der Waals surface area contributed by atoms with E-state index in [1.54, 1.807) is 0 Å². The highest BCUT2D eigenvalue weighted by Crippen LogP contribution is 2.34. The largest absolute Gasteiger partial charge is 0.394 e. The molecule has 1 aromatic rings. The summed E-state index contributed by atoms with van der Waals surface area (Å²) in [6.45, 7) is -0.355. The molecule has 1 fully saturated rings. The van der Waals surface area contributed by atoms with E-state index < -0.39 is 30.0 Å². The maximum Gasteiger partial charge on any atom is 0.267 e. The zero-order valence-corrected chi connectivity index (χ0v) is 10.2. The van der Waals surface area contributed by atoms with Crippen LogP contribution in [0.25, 0.3) is 0 Å². The van der Waals surface area contributed by atoms with E-state index in [0.29, 0.717) is 5.69 Å². The van der Waals surface area contributed by atoms with Crippen molar-refractivity contribution in [3.8, 4) is 12.3 Å².